The molecule has 6 heteroatoms. The van der Waals surface area contributed by atoms with E-state index in [1.807, 2.05) is 54.6 Å². The van der Waals surface area contributed by atoms with Crippen molar-refractivity contribution >= 4 is 11.0 Å². The van der Waals surface area contributed by atoms with Crippen LogP contribution in [-0.2, 0) is 13.1 Å². The molecule has 0 saturated heterocycles. The number of fused-ring (bicyclic) bond motifs is 1. The van der Waals surface area contributed by atoms with E-state index in [9.17, 15) is 4.79 Å². The van der Waals surface area contributed by atoms with E-state index < -0.39 is 0 Å². The predicted octanol–water partition coefficient (Wildman–Crippen LogP) is 3.55. The number of rotatable bonds is 6. The van der Waals surface area contributed by atoms with Gasteiger partial charge in [-0.3, -0.25) is 4.57 Å². The summed E-state index contributed by atoms with van der Waals surface area (Å²) >= 11 is 0. The Morgan fingerprint density at radius 2 is 1.81 bits per heavy atom. The third kappa shape index (κ3) is 3.27. The van der Waals surface area contributed by atoms with Crippen molar-refractivity contribution in [3.05, 3.63) is 77.1 Å². The number of benzene rings is 2. The van der Waals surface area contributed by atoms with E-state index in [1.165, 1.54) is 0 Å². The second-order valence-corrected chi connectivity index (χ2v) is 6.36. The summed E-state index contributed by atoms with van der Waals surface area (Å²) in [6.45, 7) is 1.07. The maximum atomic E-state index is 12.4. The summed E-state index contributed by atoms with van der Waals surface area (Å²) in [6, 6.07) is 19.9. The summed E-state index contributed by atoms with van der Waals surface area (Å²) in [6.07, 6.45) is 2.98. The lowest BCUT2D eigenvalue weighted by molar-refractivity contribution is 0.606. The lowest BCUT2D eigenvalue weighted by atomic mass is 10.2. The second-order valence-electron chi connectivity index (χ2n) is 6.36. The fraction of sp³-hybridized carbons (Fsp3) is 0.190. The molecule has 1 N–H and O–H groups in total. The van der Waals surface area contributed by atoms with Crippen molar-refractivity contribution in [1.29, 1.82) is 5.26 Å². The summed E-state index contributed by atoms with van der Waals surface area (Å²) < 4.78 is 3.82. The van der Waals surface area contributed by atoms with Gasteiger partial charge in [0, 0.05) is 19.2 Å². The molecular formula is C21H19N5O. The molecule has 2 aromatic carbocycles. The first-order valence-electron chi connectivity index (χ1n) is 8.92. The smallest absolute Gasteiger partial charge is 0.326 e. The molecule has 0 spiro atoms. The Morgan fingerprint density at radius 1 is 1.04 bits per heavy atom. The molecule has 0 radical (unpaired) electrons. The van der Waals surface area contributed by atoms with E-state index in [-0.39, 0.29) is 5.69 Å². The molecule has 27 heavy (non-hydrogen) atoms. The number of para-hydroxylation sites is 2. The second kappa shape index (κ2) is 7.34. The molecule has 0 bridgehead atoms. The van der Waals surface area contributed by atoms with Crippen LogP contribution < -0.4 is 5.69 Å². The molecule has 2 heterocycles. The lowest BCUT2D eigenvalue weighted by Gasteiger charge is -2.11. The van der Waals surface area contributed by atoms with E-state index in [2.05, 4.69) is 15.6 Å². The van der Waals surface area contributed by atoms with Gasteiger partial charge in [0.1, 0.15) is 5.82 Å². The zero-order valence-electron chi connectivity index (χ0n) is 14.8. The van der Waals surface area contributed by atoms with E-state index >= 15 is 0 Å². The average Bonchev–Trinajstić information content (AvgIpc) is 3.24. The van der Waals surface area contributed by atoms with Crippen molar-refractivity contribution in [3.63, 3.8) is 0 Å². The summed E-state index contributed by atoms with van der Waals surface area (Å²) in [5, 5.41) is 8.86. The van der Waals surface area contributed by atoms with Crippen LogP contribution in [0.15, 0.2) is 65.6 Å². The minimum Gasteiger partial charge on any atom is -0.326 e. The molecule has 4 aromatic rings. The normalized spacial score (nSPS) is 10.9. The number of nitriles is 1. The monoisotopic (exact) mass is 357 g/mol. The van der Waals surface area contributed by atoms with Crippen molar-refractivity contribution in [2.75, 3.05) is 0 Å². The highest BCUT2D eigenvalue weighted by Gasteiger charge is 2.15. The fourth-order valence-corrected chi connectivity index (χ4v) is 3.35. The molecule has 0 aliphatic rings. The average molecular weight is 357 g/mol. The Hall–Kier alpha value is -3.59. The minimum absolute atomic E-state index is 0.163. The fourth-order valence-electron chi connectivity index (χ4n) is 3.35. The van der Waals surface area contributed by atoms with E-state index in [0.717, 1.165) is 34.5 Å². The largest absolute Gasteiger partial charge is 0.326 e. The maximum Gasteiger partial charge on any atom is 0.326 e. The first-order valence-corrected chi connectivity index (χ1v) is 8.92. The highest BCUT2D eigenvalue weighted by molar-refractivity contribution is 5.76. The SMILES string of the molecule is N#CCCCn1c(Cn2c(-c3ccccc3)c[nH]c2=O)nc2ccccc21. The zero-order valence-corrected chi connectivity index (χ0v) is 14.8. The summed E-state index contributed by atoms with van der Waals surface area (Å²) in [5.41, 5.74) is 3.56. The Morgan fingerprint density at radius 3 is 2.63 bits per heavy atom. The standard InChI is InChI=1S/C21H19N5O/c22-12-6-7-13-25-18-11-5-4-10-17(18)24-20(25)15-26-19(14-23-21(26)27)16-8-2-1-3-9-16/h1-5,8-11,14H,6-7,13,15H2,(H,23,27). The van der Waals surface area contributed by atoms with Gasteiger partial charge in [-0.05, 0) is 24.1 Å². The Balaban J connectivity index is 1.76. The molecular weight excluding hydrogens is 338 g/mol. The molecule has 0 amide bonds. The van der Waals surface area contributed by atoms with Crippen LogP contribution in [-0.4, -0.2) is 19.1 Å². The van der Waals surface area contributed by atoms with Gasteiger partial charge < -0.3 is 9.55 Å². The minimum atomic E-state index is -0.163. The van der Waals surface area contributed by atoms with Crippen LogP contribution in [0.5, 0.6) is 0 Å². The third-order valence-corrected chi connectivity index (χ3v) is 4.64. The molecule has 0 aliphatic heterocycles. The van der Waals surface area contributed by atoms with E-state index in [4.69, 9.17) is 10.2 Å². The molecule has 6 nitrogen and oxygen atoms in total. The highest BCUT2D eigenvalue weighted by Crippen LogP contribution is 2.21. The van der Waals surface area contributed by atoms with Gasteiger partial charge in [0.15, 0.2) is 0 Å². The van der Waals surface area contributed by atoms with Gasteiger partial charge in [0.25, 0.3) is 0 Å². The summed E-state index contributed by atoms with van der Waals surface area (Å²) in [7, 11) is 0. The summed E-state index contributed by atoms with van der Waals surface area (Å²) in [4.78, 5) is 20.0. The Kier molecular flexibility index (Phi) is 4.58. The number of aromatic amines is 1. The number of unbranched alkanes of at least 4 members (excludes halogenated alkanes) is 1. The molecule has 0 unspecified atom stereocenters. The molecule has 134 valence electrons. The van der Waals surface area contributed by atoms with Gasteiger partial charge in [-0.2, -0.15) is 5.26 Å². The molecule has 4 rings (SSSR count). The van der Waals surface area contributed by atoms with Gasteiger partial charge in [0.05, 0.1) is 29.3 Å². The number of H-pyrrole nitrogens is 1. The Bertz CT molecular complexity index is 1160. The number of imidazole rings is 2. The van der Waals surface area contributed by atoms with Crippen LogP contribution in [0.3, 0.4) is 0 Å². The molecule has 2 aromatic heterocycles. The number of nitrogens with one attached hydrogen (secondary N) is 1. The first kappa shape index (κ1) is 16.9. The van der Waals surface area contributed by atoms with Crippen LogP contribution in [0.4, 0.5) is 0 Å². The molecule has 0 saturated carbocycles. The molecule has 0 fully saturated rings. The maximum absolute atomic E-state index is 12.4. The molecule has 0 atom stereocenters. The van der Waals surface area contributed by atoms with Gasteiger partial charge in [-0.25, -0.2) is 9.78 Å². The van der Waals surface area contributed by atoms with Crippen LogP contribution in [0.25, 0.3) is 22.3 Å². The van der Waals surface area contributed by atoms with Crippen molar-refractivity contribution in [2.24, 2.45) is 0 Å². The van der Waals surface area contributed by atoms with Crippen LogP contribution in [0.2, 0.25) is 0 Å². The van der Waals surface area contributed by atoms with Crippen molar-refractivity contribution in [2.45, 2.75) is 25.9 Å². The van der Waals surface area contributed by atoms with Crippen molar-refractivity contribution < 1.29 is 0 Å². The highest BCUT2D eigenvalue weighted by atomic mass is 16.1. The quantitative estimate of drug-likeness (QED) is 0.536. The zero-order chi connectivity index (χ0) is 18.6. The third-order valence-electron chi connectivity index (χ3n) is 4.64. The number of aromatic nitrogens is 4. The number of hydrogen-bond donors (Lipinski definition) is 1. The lowest BCUT2D eigenvalue weighted by Crippen LogP contribution is -2.21. The van der Waals surface area contributed by atoms with Gasteiger partial charge in [0.2, 0.25) is 0 Å². The molecule has 0 aliphatic carbocycles. The summed E-state index contributed by atoms with van der Waals surface area (Å²) in [5.74, 6) is 0.813. The Labute approximate surface area is 156 Å². The number of aryl methyl sites for hydroxylation is 1. The first-order chi connectivity index (χ1) is 13.3. The van der Waals surface area contributed by atoms with Crippen LogP contribution >= 0.6 is 0 Å². The van der Waals surface area contributed by atoms with Crippen molar-refractivity contribution in [3.8, 4) is 17.3 Å². The topological polar surface area (TPSA) is 79.4 Å². The number of hydrogen-bond acceptors (Lipinski definition) is 3. The van der Waals surface area contributed by atoms with Crippen molar-refractivity contribution in [1.82, 2.24) is 19.1 Å². The van der Waals surface area contributed by atoms with Gasteiger partial charge >= 0.3 is 5.69 Å². The van der Waals surface area contributed by atoms with Crippen LogP contribution in [0, 0.1) is 11.3 Å². The number of nitrogens with zero attached hydrogens (tertiary/aromatic N) is 4. The van der Waals surface area contributed by atoms with E-state index in [0.29, 0.717) is 19.5 Å². The van der Waals surface area contributed by atoms with Gasteiger partial charge in [-0.15, -0.1) is 0 Å². The van der Waals surface area contributed by atoms with E-state index in [1.54, 1.807) is 10.8 Å². The predicted molar refractivity (Wildman–Crippen MR) is 104 cm³/mol. The van der Waals surface area contributed by atoms with Crippen LogP contribution in [0.1, 0.15) is 18.7 Å². The van der Waals surface area contributed by atoms with Gasteiger partial charge in [-0.1, -0.05) is 42.5 Å².